The van der Waals surface area contributed by atoms with Crippen molar-refractivity contribution in [2.45, 2.75) is 43.6 Å². The van der Waals surface area contributed by atoms with E-state index in [0.29, 0.717) is 32.5 Å². The van der Waals surface area contributed by atoms with Crippen LogP contribution in [-0.2, 0) is 25.7 Å². The molecule has 2 bridgehead atoms. The number of rotatable bonds is 10. The molecule has 1 spiro atoms. The molecule has 0 radical (unpaired) electrons. The Hall–Kier alpha value is -2.97. The topological polar surface area (TPSA) is 90.4 Å². The van der Waals surface area contributed by atoms with Crippen molar-refractivity contribution >= 4 is 17.7 Å². The van der Waals surface area contributed by atoms with Gasteiger partial charge in [-0.3, -0.25) is 14.4 Å². The smallest absolute Gasteiger partial charge is 0.248 e. The minimum Gasteiger partial charge on any atom is -0.395 e. The molecule has 8 heteroatoms. The maximum atomic E-state index is 14.1. The zero-order valence-corrected chi connectivity index (χ0v) is 20.6. The minimum absolute atomic E-state index is 0.00420. The third-order valence-corrected chi connectivity index (χ3v) is 7.77. The molecule has 3 heterocycles. The zero-order chi connectivity index (χ0) is 25.4. The van der Waals surface area contributed by atoms with E-state index >= 15 is 0 Å². The molecule has 35 heavy (non-hydrogen) atoms. The lowest BCUT2D eigenvalue weighted by atomic mass is 9.66. The first-order chi connectivity index (χ1) is 16.7. The van der Waals surface area contributed by atoms with Gasteiger partial charge in [0.05, 0.1) is 24.0 Å². The third kappa shape index (κ3) is 3.98. The molecule has 3 saturated heterocycles. The van der Waals surface area contributed by atoms with Gasteiger partial charge in [0, 0.05) is 33.2 Å². The van der Waals surface area contributed by atoms with Crippen molar-refractivity contribution in [2.24, 2.45) is 11.8 Å². The maximum absolute atomic E-state index is 14.1. The molecule has 0 aromatic heterocycles. The van der Waals surface area contributed by atoms with Crippen LogP contribution in [-0.4, -0.2) is 88.1 Å². The van der Waals surface area contributed by atoms with E-state index in [2.05, 4.69) is 13.2 Å². The zero-order valence-electron chi connectivity index (χ0n) is 20.6. The van der Waals surface area contributed by atoms with Crippen LogP contribution in [0.25, 0.3) is 0 Å². The molecule has 2 unspecified atom stereocenters. The number of carbonyl (C=O) groups is 3. The lowest BCUT2D eigenvalue weighted by Crippen LogP contribution is -2.56. The predicted octanol–water partition coefficient (Wildman–Crippen LogP) is 1.60. The van der Waals surface area contributed by atoms with Crippen LogP contribution in [0, 0.1) is 11.8 Å². The molecule has 8 nitrogen and oxygen atoms in total. The Balaban J connectivity index is 1.73. The summed E-state index contributed by atoms with van der Waals surface area (Å²) in [5.41, 5.74) is -0.986. The van der Waals surface area contributed by atoms with Crippen molar-refractivity contribution in [3.63, 3.8) is 0 Å². The molecular formula is C27H35N3O5. The normalized spacial score (nSPS) is 30.8. The predicted molar refractivity (Wildman–Crippen MR) is 131 cm³/mol. The van der Waals surface area contributed by atoms with E-state index in [4.69, 9.17) is 4.74 Å². The van der Waals surface area contributed by atoms with Crippen molar-refractivity contribution in [1.29, 1.82) is 0 Å². The summed E-state index contributed by atoms with van der Waals surface area (Å²) in [6, 6.07) is 8.71. The largest absolute Gasteiger partial charge is 0.395 e. The second-order valence-corrected chi connectivity index (χ2v) is 9.98. The van der Waals surface area contributed by atoms with Gasteiger partial charge in [-0.05, 0) is 25.3 Å². The Morgan fingerprint density at radius 1 is 1.17 bits per heavy atom. The summed E-state index contributed by atoms with van der Waals surface area (Å²) in [7, 11) is 1.69. The number of hydrogen-bond donors (Lipinski definition) is 1. The standard InChI is InChI=1S/C27H35N3O5/c1-5-14-28(4)23(32)20-21-24(33)30(16-17-31)22(27(21)13-12-26(20,3)35-27)25(34)29(15-6-2)18-19-10-8-7-9-11-19/h5-11,20-22,31H,1-2,12-18H2,3-4H3/t20-,21+,22?,26+,27?/m1/s1. The molecule has 3 aliphatic heterocycles. The maximum Gasteiger partial charge on any atom is 0.248 e. The van der Waals surface area contributed by atoms with Crippen molar-refractivity contribution in [2.75, 3.05) is 33.3 Å². The van der Waals surface area contributed by atoms with E-state index in [9.17, 15) is 19.5 Å². The Bertz CT molecular complexity index is 1010. The van der Waals surface area contributed by atoms with Crippen molar-refractivity contribution < 1.29 is 24.2 Å². The van der Waals surface area contributed by atoms with E-state index in [0.717, 1.165) is 5.56 Å². The van der Waals surface area contributed by atoms with E-state index in [1.807, 2.05) is 37.3 Å². The van der Waals surface area contributed by atoms with Gasteiger partial charge in [0.2, 0.25) is 17.7 Å². The number of carbonyl (C=O) groups excluding carboxylic acids is 3. The Morgan fingerprint density at radius 3 is 2.49 bits per heavy atom. The van der Waals surface area contributed by atoms with Crippen LogP contribution in [0.15, 0.2) is 55.6 Å². The monoisotopic (exact) mass is 481 g/mol. The summed E-state index contributed by atoms with van der Waals surface area (Å²) in [4.78, 5) is 46.1. The van der Waals surface area contributed by atoms with E-state index in [-0.39, 0.29) is 30.9 Å². The molecule has 0 aliphatic carbocycles. The summed E-state index contributed by atoms with van der Waals surface area (Å²) in [5, 5.41) is 9.77. The fourth-order valence-electron chi connectivity index (χ4n) is 6.32. The highest BCUT2D eigenvalue weighted by Crippen LogP contribution is 2.63. The first-order valence-corrected chi connectivity index (χ1v) is 12.1. The van der Waals surface area contributed by atoms with Crippen LogP contribution in [0.2, 0.25) is 0 Å². The van der Waals surface area contributed by atoms with Gasteiger partial charge >= 0.3 is 0 Å². The molecule has 4 rings (SSSR count). The fraction of sp³-hybridized carbons (Fsp3) is 0.519. The first-order valence-electron chi connectivity index (χ1n) is 12.1. The molecule has 188 valence electrons. The highest BCUT2D eigenvalue weighted by atomic mass is 16.5. The lowest BCUT2D eigenvalue weighted by Gasteiger charge is -2.36. The number of aliphatic hydroxyl groups excluding tert-OH is 1. The SMILES string of the molecule is C=CCN(C)C(=O)[C@H]1[C@H]2C(=O)N(CCO)C(C(=O)N(CC=C)Cc3ccccc3)C23CC[C@]1(C)O3. The van der Waals surface area contributed by atoms with Gasteiger partial charge in [-0.2, -0.15) is 0 Å². The molecular weight excluding hydrogens is 446 g/mol. The van der Waals surface area contributed by atoms with Crippen molar-refractivity contribution in [3.05, 3.63) is 61.2 Å². The van der Waals surface area contributed by atoms with Gasteiger partial charge in [-0.25, -0.2) is 0 Å². The number of hydrogen-bond acceptors (Lipinski definition) is 5. The van der Waals surface area contributed by atoms with E-state index in [1.54, 1.807) is 29.0 Å². The molecule has 5 atom stereocenters. The van der Waals surface area contributed by atoms with Crippen LogP contribution < -0.4 is 0 Å². The highest BCUT2D eigenvalue weighted by Gasteiger charge is 2.78. The highest BCUT2D eigenvalue weighted by molar-refractivity contribution is 5.99. The Labute approximate surface area is 206 Å². The average molecular weight is 482 g/mol. The van der Waals surface area contributed by atoms with E-state index < -0.39 is 29.1 Å². The molecule has 1 N–H and O–H groups in total. The van der Waals surface area contributed by atoms with Gasteiger partial charge in [0.25, 0.3) is 0 Å². The van der Waals surface area contributed by atoms with Crippen molar-refractivity contribution in [1.82, 2.24) is 14.7 Å². The molecule has 1 aromatic rings. The Morgan fingerprint density at radius 2 is 1.86 bits per heavy atom. The van der Waals surface area contributed by atoms with Crippen molar-refractivity contribution in [3.8, 4) is 0 Å². The van der Waals surface area contributed by atoms with Crippen LogP contribution in [0.3, 0.4) is 0 Å². The van der Waals surface area contributed by atoms with Gasteiger partial charge < -0.3 is 24.5 Å². The second-order valence-electron chi connectivity index (χ2n) is 9.98. The lowest BCUT2D eigenvalue weighted by molar-refractivity contribution is -0.153. The summed E-state index contributed by atoms with van der Waals surface area (Å²) < 4.78 is 6.60. The molecule has 0 saturated carbocycles. The summed E-state index contributed by atoms with van der Waals surface area (Å²) in [6.07, 6.45) is 4.38. The molecule has 3 amide bonds. The summed E-state index contributed by atoms with van der Waals surface area (Å²) in [5.74, 6) is -2.21. The number of ether oxygens (including phenoxy) is 1. The van der Waals surface area contributed by atoms with Gasteiger partial charge in [-0.15, -0.1) is 13.2 Å². The van der Waals surface area contributed by atoms with Gasteiger partial charge in [-0.1, -0.05) is 42.5 Å². The van der Waals surface area contributed by atoms with Gasteiger partial charge in [0.15, 0.2) is 0 Å². The fourth-order valence-corrected chi connectivity index (χ4v) is 6.32. The Kier molecular flexibility index (Phi) is 6.88. The van der Waals surface area contributed by atoms with Crippen LogP contribution >= 0.6 is 0 Å². The molecule has 3 fully saturated rings. The van der Waals surface area contributed by atoms with Crippen LogP contribution in [0.5, 0.6) is 0 Å². The number of fused-ring (bicyclic) bond motifs is 1. The number of likely N-dealkylation sites (tertiary alicyclic amines) is 1. The quantitative estimate of drug-likeness (QED) is 0.513. The number of nitrogens with zero attached hydrogens (tertiary/aromatic N) is 3. The third-order valence-electron chi connectivity index (χ3n) is 7.77. The number of aliphatic hydroxyl groups is 1. The van der Waals surface area contributed by atoms with E-state index in [1.165, 1.54) is 4.90 Å². The number of likely N-dealkylation sites (N-methyl/N-ethyl adjacent to an activating group) is 1. The number of β-amino-alcohol motifs (C(OH)–C–C–N with tert-alkyl or cyclic N) is 1. The van der Waals surface area contributed by atoms with Gasteiger partial charge in [0.1, 0.15) is 11.6 Å². The van der Waals surface area contributed by atoms with Crippen LogP contribution in [0.4, 0.5) is 0 Å². The summed E-state index contributed by atoms with van der Waals surface area (Å²) in [6.45, 7) is 10.1. The van der Waals surface area contributed by atoms with Crippen LogP contribution in [0.1, 0.15) is 25.3 Å². The molecule has 1 aromatic carbocycles. The number of benzene rings is 1. The average Bonchev–Trinajstić information content (AvgIpc) is 3.40. The summed E-state index contributed by atoms with van der Waals surface area (Å²) >= 11 is 0. The first kappa shape index (κ1) is 25.1. The minimum atomic E-state index is -1.11. The second kappa shape index (κ2) is 9.59. The molecule has 3 aliphatic rings. The number of amides is 3.